The van der Waals surface area contributed by atoms with Gasteiger partial charge in [-0.3, -0.25) is 9.59 Å². The average molecular weight is 398 g/mol. The minimum atomic E-state index is -0.433. The van der Waals surface area contributed by atoms with Gasteiger partial charge in [0.2, 0.25) is 0 Å². The van der Waals surface area contributed by atoms with Gasteiger partial charge in [0.05, 0.1) is 5.39 Å². The minimum absolute atomic E-state index is 0.00126. The van der Waals surface area contributed by atoms with E-state index in [2.05, 4.69) is 34.2 Å². The fraction of sp³-hybridized carbons (Fsp3) is 0.200. The van der Waals surface area contributed by atoms with Gasteiger partial charge in [0, 0.05) is 16.2 Å². The molecule has 25 heavy (non-hydrogen) atoms. The van der Waals surface area contributed by atoms with E-state index >= 15 is 0 Å². The standard InChI is InChI=1S/C20H16BrNO3/c1-20(7-8-20)12-3-2-4-14(9-12)22-19(24)18-11-16(23)15-6-5-13(21)10-17(15)25-18/h2-6,9-11H,7-8H2,1H3,(H,22,24). The number of carbonyl (C=O) groups excluding carboxylic acids is 1. The highest BCUT2D eigenvalue weighted by atomic mass is 79.9. The van der Waals surface area contributed by atoms with Gasteiger partial charge in [-0.25, -0.2) is 0 Å². The van der Waals surface area contributed by atoms with Gasteiger partial charge < -0.3 is 9.73 Å². The average Bonchev–Trinajstić information content (AvgIpc) is 3.33. The van der Waals surface area contributed by atoms with Crippen LogP contribution in [0.2, 0.25) is 0 Å². The summed E-state index contributed by atoms with van der Waals surface area (Å²) in [4.78, 5) is 24.7. The van der Waals surface area contributed by atoms with E-state index in [0.29, 0.717) is 16.7 Å². The first kappa shape index (κ1) is 16.1. The molecule has 0 aliphatic heterocycles. The fourth-order valence-electron chi connectivity index (χ4n) is 2.88. The van der Waals surface area contributed by atoms with E-state index in [0.717, 1.165) is 4.47 Å². The van der Waals surface area contributed by atoms with Crippen LogP contribution in [0.15, 0.2) is 62.2 Å². The molecule has 0 bridgehead atoms. The molecule has 0 unspecified atom stereocenters. The number of anilines is 1. The zero-order valence-electron chi connectivity index (χ0n) is 13.6. The Hall–Kier alpha value is -2.40. The lowest BCUT2D eigenvalue weighted by Crippen LogP contribution is -2.15. The molecule has 1 saturated carbocycles. The Bertz CT molecular complexity index is 1050. The third-order valence-electron chi connectivity index (χ3n) is 4.73. The second-order valence-corrected chi connectivity index (χ2v) is 7.63. The van der Waals surface area contributed by atoms with Crippen molar-refractivity contribution in [3.8, 4) is 0 Å². The molecule has 5 heteroatoms. The van der Waals surface area contributed by atoms with Crippen LogP contribution in [0.3, 0.4) is 0 Å². The largest absolute Gasteiger partial charge is 0.451 e. The number of halogens is 1. The third-order valence-corrected chi connectivity index (χ3v) is 5.23. The summed E-state index contributed by atoms with van der Waals surface area (Å²) in [6.07, 6.45) is 2.33. The van der Waals surface area contributed by atoms with Crippen LogP contribution in [0.4, 0.5) is 5.69 Å². The summed E-state index contributed by atoms with van der Waals surface area (Å²) < 4.78 is 6.41. The molecule has 4 nitrogen and oxygen atoms in total. The Balaban J connectivity index is 1.65. The second kappa shape index (κ2) is 5.85. The smallest absolute Gasteiger partial charge is 0.291 e. The molecule has 1 fully saturated rings. The van der Waals surface area contributed by atoms with Gasteiger partial charge in [-0.2, -0.15) is 0 Å². The Morgan fingerprint density at radius 1 is 1.16 bits per heavy atom. The topological polar surface area (TPSA) is 59.3 Å². The van der Waals surface area contributed by atoms with Gasteiger partial charge in [0.25, 0.3) is 5.91 Å². The van der Waals surface area contributed by atoms with Crippen LogP contribution >= 0.6 is 15.9 Å². The van der Waals surface area contributed by atoms with Crippen molar-refractivity contribution in [1.29, 1.82) is 0 Å². The van der Waals surface area contributed by atoms with Crippen LogP contribution in [-0.4, -0.2) is 5.91 Å². The molecule has 0 atom stereocenters. The quantitative estimate of drug-likeness (QED) is 0.686. The van der Waals surface area contributed by atoms with Gasteiger partial charge in [0.15, 0.2) is 11.2 Å². The summed E-state index contributed by atoms with van der Waals surface area (Å²) in [5, 5.41) is 3.27. The van der Waals surface area contributed by atoms with Crippen molar-refractivity contribution in [3.63, 3.8) is 0 Å². The number of hydrogen-bond acceptors (Lipinski definition) is 3. The Labute approximate surface area is 153 Å². The molecule has 3 aromatic rings. The lowest BCUT2D eigenvalue weighted by atomic mass is 9.98. The van der Waals surface area contributed by atoms with E-state index in [1.54, 1.807) is 18.2 Å². The maximum Gasteiger partial charge on any atom is 0.291 e. The number of amides is 1. The van der Waals surface area contributed by atoms with Crippen molar-refractivity contribution in [2.24, 2.45) is 0 Å². The third kappa shape index (κ3) is 3.12. The molecule has 1 amide bonds. The normalized spacial score (nSPS) is 15.1. The molecule has 0 saturated heterocycles. The highest BCUT2D eigenvalue weighted by molar-refractivity contribution is 9.10. The van der Waals surface area contributed by atoms with Gasteiger partial charge in [-0.15, -0.1) is 0 Å². The van der Waals surface area contributed by atoms with Crippen LogP contribution in [-0.2, 0) is 5.41 Å². The van der Waals surface area contributed by atoms with Crippen LogP contribution in [0.1, 0.15) is 35.9 Å². The van der Waals surface area contributed by atoms with Gasteiger partial charge >= 0.3 is 0 Å². The summed E-state index contributed by atoms with van der Waals surface area (Å²) in [6, 6.07) is 14.2. The predicted molar refractivity (Wildman–Crippen MR) is 101 cm³/mol. The molecule has 1 aliphatic rings. The van der Waals surface area contributed by atoms with E-state index in [1.165, 1.54) is 24.5 Å². The zero-order valence-corrected chi connectivity index (χ0v) is 15.2. The fourth-order valence-corrected chi connectivity index (χ4v) is 3.22. The number of fused-ring (bicyclic) bond motifs is 1. The number of nitrogens with one attached hydrogen (secondary N) is 1. The van der Waals surface area contributed by atoms with Gasteiger partial charge in [-0.1, -0.05) is 35.0 Å². The predicted octanol–water partition coefficient (Wildman–Crippen LogP) is 4.86. The SMILES string of the molecule is CC1(c2cccc(NC(=O)c3cc(=O)c4ccc(Br)cc4o3)c2)CC1. The molecular formula is C20H16BrNO3. The molecule has 1 aromatic heterocycles. The molecular weight excluding hydrogens is 382 g/mol. The van der Waals surface area contributed by atoms with Crippen molar-refractivity contribution in [1.82, 2.24) is 0 Å². The molecule has 0 radical (unpaired) electrons. The van der Waals surface area contributed by atoms with Crippen molar-refractivity contribution in [3.05, 3.63) is 74.6 Å². The van der Waals surface area contributed by atoms with Crippen molar-refractivity contribution < 1.29 is 9.21 Å². The van der Waals surface area contributed by atoms with Crippen LogP contribution in [0, 0.1) is 0 Å². The summed E-state index contributed by atoms with van der Waals surface area (Å²) >= 11 is 3.34. The maximum atomic E-state index is 12.5. The van der Waals surface area contributed by atoms with E-state index < -0.39 is 5.91 Å². The summed E-state index contributed by atoms with van der Waals surface area (Å²) in [5.41, 5.74) is 2.29. The number of hydrogen-bond donors (Lipinski definition) is 1. The Kier molecular flexibility index (Phi) is 3.76. The first-order chi connectivity index (χ1) is 11.9. The Morgan fingerprint density at radius 3 is 2.72 bits per heavy atom. The minimum Gasteiger partial charge on any atom is -0.451 e. The highest BCUT2D eigenvalue weighted by Gasteiger charge is 2.38. The first-order valence-electron chi connectivity index (χ1n) is 8.10. The second-order valence-electron chi connectivity index (χ2n) is 6.71. The van der Waals surface area contributed by atoms with E-state index in [4.69, 9.17) is 4.42 Å². The highest BCUT2D eigenvalue weighted by Crippen LogP contribution is 2.47. The maximum absolute atomic E-state index is 12.5. The van der Waals surface area contributed by atoms with Crippen molar-refractivity contribution in [2.75, 3.05) is 5.32 Å². The van der Waals surface area contributed by atoms with Crippen molar-refractivity contribution >= 4 is 38.5 Å². The molecule has 1 aliphatic carbocycles. The molecule has 2 aromatic carbocycles. The molecule has 1 heterocycles. The number of benzene rings is 2. The van der Waals surface area contributed by atoms with Crippen LogP contribution in [0.5, 0.6) is 0 Å². The van der Waals surface area contributed by atoms with E-state index in [9.17, 15) is 9.59 Å². The molecule has 1 N–H and O–H groups in total. The summed E-state index contributed by atoms with van der Waals surface area (Å²) in [5.74, 6) is -0.435. The lowest BCUT2D eigenvalue weighted by Gasteiger charge is -2.11. The van der Waals surface area contributed by atoms with Crippen LogP contribution in [0.25, 0.3) is 11.0 Å². The number of carbonyl (C=O) groups is 1. The molecule has 4 rings (SSSR count). The Morgan fingerprint density at radius 2 is 1.96 bits per heavy atom. The van der Waals surface area contributed by atoms with Gasteiger partial charge in [0.1, 0.15) is 5.58 Å². The van der Waals surface area contributed by atoms with E-state index in [1.807, 2.05) is 18.2 Å². The first-order valence-corrected chi connectivity index (χ1v) is 8.89. The lowest BCUT2D eigenvalue weighted by molar-refractivity contribution is 0.0997. The summed E-state index contributed by atoms with van der Waals surface area (Å²) in [7, 11) is 0. The molecule has 0 spiro atoms. The molecule has 126 valence electrons. The summed E-state index contributed by atoms with van der Waals surface area (Å²) in [6.45, 7) is 2.22. The van der Waals surface area contributed by atoms with Crippen LogP contribution < -0.4 is 10.7 Å². The van der Waals surface area contributed by atoms with Gasteiger partial charge in [-0.05, 0) is 54.2 Å². The monoisotopic (exact) mass is 397 g/mol. The number of rotatable bonds is 3. The van der Waals surface area contributed by atoms with E-state index in [-0.39, 0.29) is 16.6 Å². The zero-order chi connectivity index (χ0) is 17.6. The van der Waals surface area contributed by atoms with Crippen molar-refractivity contribution in [2.45, 2.75) is 25.2 Å².